The number of fused-ring (bicyclic) bond motifs is 1. The molecule has 1 aliphatic heterocycles. The Morgan fingerprint density at radius 1 is 1.17 bits per heavy atom. The van der Waals surface area contributed by atoms with Crippen LogP contribution in [0.3, 0.4) is 0 Å². The van der Waals surface area contributed by atoms with Gasteiger partial charge in [-0.3, -0.25) is 19.1 Å². The summed E-state index contributed by atoms with van der Waals surface area (Å²) >= 11 is 0. The molecule has 1 unspecified atom stereocenters. The van der Waals surface area contributed by atoms with Gasteiger partial charge >= 0.3 is 0 Å². The average Bonchev–Trinajstić information content (AvgIpc) is 3.15. The third-order valence-corrected chi connectivity index (χ3v) is 5.52. The predicted molar refractivity (Wildman–Crippen MR) is 114 cm³/mol. The Morgan fingerprint density at radius 3 is 2.83 bits per heavy atom. The van der Waals surface area contributed by atoms with Crippen LogP contribution in [0.4, 0.5) is 0 Å². The van der Waals surface area contributed by atoms with Gasteiger partial charge in [0, 0.05) is 38.6 Å². The maximum atomic E-state index is 12.6. The number of carbonyl (C=O) groups excluding carboxylic acids is 1. The summed E-state index contributed by atoms with van der Waals surface area (Å²) in [6.45, 7) is 5.02. The van der Waals surface area contributed by atoms with E-state index in [1.165, 1.54) is 10.1 Å². The Morgan fingerprint density at radius 2 is 2.00 bits per heavy atom. The zero-order valence-electron chi connectivity index (χ0n) is 16.7. The normalized spacial score (nSPS) is 16.9. The molecule has 29 heavy (non-hydrogen) atoms. The molecule has 0 saturated carbocycles. The van der Waals surface area contributed by atoms with Crippen LogP contribution in [0.25, 0.3) is 10.9 Å². The van der Waals surface area contributed by atoms with E-state index in [0.29, 0.717) is 11.9 Å². The van der Waals surface area contributed by atoms with Crippen molar-refractivity contribution >= 4 is 16.8 Å². The average molecular weight is 390 g/mol. The van der Waals surface area contributed by atoms with Gasteiger partial charge in [0.25, 0.3) is 5.56 Å². The van der Waals surface area contributed by atoms with E-state index in [0.717, 1.165) is 37.1 Å². The van der Waals surface area contributed by atoms with Crippen LogP contribution >= 0.6 is 0 Å². The molecule has 0 aliphatic carbocycles. The second kappa shape index (κ2) is 8.57. The molecule has 0 spiro atoms. The number of para-hydroxylation sites is 1. The van der Waals surface area contributed by atoms with Gasteiger partial charge < -0.3 is 5.32 Å². The van der Waals surface area contributed by atoms with E-state index >= 15 is 0 Å². The minimum absolute atomic E-state index is 0.0206. The summed E-state index contributed by atoms with van der Waals surface area (Å²) in [5, 5.41) is 3.71. The first kappa shape index (κ1) is 19.3. The lowest BCUT2D eigenvalue weighted by Gasteiger charge is -2.17. The van der Waals surface area contributed by atoms with Gasteiger partial charge in [0.05, 0.1) is 17.2 Å². The molecule has 2 heterocycles. The first-order valence-corrected chi connectivity index (χ1v) is 10.1. The zero-order chi connectivity index (χ0) is 20.2. The van der Waals surface area contributed by atoms with Gasteiger partial charge in [-0.1, -0.05) is 42.5 Å². The second-order valence-electron chi connectivity index (χ2n) is 7.74. The molecule has 2 aromatic carbocycles. The smallest absolute Gasteiger partial charge is 0.261 e. The Hall–Kier alpha value is -2.99. The minimum Gasteiger partial charge on any atom is -0.352 e. The first-order valence-electron chi connectivity index (χ1n) is 10.1. The Labute approximate surface area is 170 Å². The number of rotatable bonds is 6. The molecule has 1 saturated heterocycles. The lowest BCUT2D eigenvalue weighted by Crippen LogP contribution is -2.37. The molecule has 1 fully saturated rings. The summed E-state index contributed by atoms with van der Waals surface area (Å²) in [6.07, 6.45) is 2.77. The molecule has 0 radical (unpaired) electrons. The van der Waals surface area contributed by atoms with Crippen LogP contribution in [0.15, 0.2) is 59.7 Å². The van der Waals surface area contributed by atoms with Crippen molar-refractivity contribution in [3.05, 3.63) is 76.3 Å². The lowest BCUT2D eigenvalue weighted by atomic mass is 10.1. The molecule has 1 amide bonds. The fraction of sp³-hybridized carbons (Fsp3) is 0.348. The molecule has 1 atom stereocenters. The van der Waals surface area contributed by atoms with E-state index in [-0.39, 0.29) is 23.9 Å². The number of nitrogens with one attached hydrogen (secondary N) is 1. The summed E-state index contributed by atoms with van der Waals surface area (Å²) in [4.78, 5) is 31.8. The maximum absolute atomic E-state index is 12.6. The number of hydrogen-bond acceptors (Lipinski definition) is 4. The summed E-state index contributed by atoms with van der Waals surface area (Å²) in [6, 6.07) is 16.1. The van der Waals surface area contributed by atoms with Crippen molar-refractivity contribution in [2.45, 2.75) is 38.9 Å². The minimum atomic E-state index is -0.0959. The van der Waals surface area contributed by atoms with Crippen molar-refractivity contribution in [2.75, 3.05) is 13.1 Å². The van der Waals surface area contributed by atoms with Crippen molar-refractivity contribution in [3.63, 3.8) is 0 Å². The molecule has 150 valence electrons. The number of aromatic nitrogens is 2. The summed E-state index contributed by atoms with van der Waals surface area (Å²) < 4.78 is 1.53. The highest BCUT2D eigenvalue weighted by Gasteiger charge is 2.23. The van der Waals surface area contributed by atoms with Gasteiger partial charge in [0.2, 0.25) is 5.91 Å². The van der Waals surface area contributed by atoms with Gasteiger partial charge in [-0.15, -0.1) is 0 Å². The molecule has 0 bridgehead atoms. The zero-order valence-corrected chi connectivity index (χ0v) is 16.7. The number of amides is 1. The Balaban J connectivity index is 1.30. The molecule has 1 aromatic heterocycles. The van der Waals surface area contributed by atoms with Gasteiger partial charge in [0.1, 0.15) is 0 Å². The predicted octanol–water partition coefficient (Wildman–Crippen LogP) is 2.49. The highest BCUT2D eigenvalue weighted by Crippen LogP contribution is 2.14. The lowest BCUT2D eigenvalue weighted by molar-refractivity contribution is -0.121. The van der Waals surface area contributed by atoms with Gasteiger partial charge in [-0.2, -0.15) is 0 Å². The summed E-state index contributed by atoms with van der Waals surface area (Å²) in [7, 11) is 0. The summed E-state index contributed by atoms with van der Waals surface area (Å²) in [5.74, 6) is -0.0206. The van der Waals surface area contributed by atoms with E-state index in [9.17, 15) is 9.59 Å². The Kier molecular flexibility index (Phi) is 5.71. The van der Waals surface area contributed by atoms with Gasteiger partial charge in [-0.25, -0.2) is 4.98 Å². The van der Waals surface area contributed by atoms with Gasteiger partial charge in [-0.05, 0) is 30.5 Å². The quantitative estimate of drug-likeness (QED) is 0.702. The standard InChI is InChI=1S/C23H26N4O2/c1-17-6-5-9-20-22(17)24-16-27(23(20)29)13-11-21(28)25-19-10-12-26(15-19)14-18-7-3-2-4-8-18/h2-9,16,19H,10-15H2,1H3,(H,25,28). The highest BCUT2D eigenvalue weighted by atomic mass is 16.2. The molecule has 1 N–H and O–H groups in total. The summed E-state index contributed by atoms with van der Waals surface area (Å²) in [5.41, 5.74) is 2.90. The van der Waals surface area contributed by atoms with Crippen LogP contribution in [-0.4, -0.2) is 39.5 Å². The second-order valence-corrected chi connectivity index (χ2v) is 7.74. The van der Waals surface area contributed by atoms with E-state index in [1.54, 1.807) is 12.4 Å². The van der Waals surface area contributed by atoms with Crippen LogP contribution in [-0.2, 0) is 17.9 Å². The molecular weight excluding hydrogens is 364 g/mol. The van der Waals surface area contributed by atoms with Crippen molar-refractivity contribution in [3.8, 4) is 0 Å². The van der Waals surface area contributed by atoms with Crippen LogP contribution < -0.4 is 10.9 Å². The van der Waals surface area contributed by atoms with Crippen molar-refractivity contribution in [1.29, 1.82) is 0 Å². The van der Waals surface area contributed by atoms with Crippen LogP contribution in [0.5, 0.6) is 0 Å². The number of carbonyl (C=O) groups is 1. The van der Waals surface area contributed by atoms with Crippen molar-refractivity contribution in [2.24, 2.45) is 0 Å². The van der Waals surface area contributed by atoms with Crippen LogP contribution in [0.2, 0.25) is 0 Å². The number of benzene rings is 2. The maximum Gasteiger partial charge on any atom is 0.261 e. The number of nitrogens with zero attached hydrogens (tertiary/aromatic N) is 3. The topological polar surface area (TPSA) is 67.2 Å². The van der Waals surface area contributed by atoms with E-state index in [2.05, 4.69) is 39.5 Å². The van der Waals surface area contributed by atoms with E-state index in [4.69, 9.17) is 0 Å². The van der Waals surface area contributed by atoms with Crippen LogP contribution in [0, 0.1) is 6.92 Å². The largest absolute Gasteiger partial charge is 0.352 e. The van der Waals surface area contributed by atoms with Crippen molar-refractivity contribution < 1.29 is 4.79 Å². The molecule has 4 rings (SSSR count). The SMILES string of the molecule is Cc1cccc2c(=O)n(CCC(=O)NC3CCN(Cc4ccccc4)C3)cnc12. The Bertz CT molecular complexity index is 1060. The fourth-order valence-corrected chi connectivity index (χ4v) is 3.95. The fourth-order valence-electron chi connectivity index (χ4n) is 3.95. The third-order valence-electron chi connectivity index (χ3n) is 5.52. The number of likely N-dealkylation sites (tertiary alicyclic amines) is 1. The number of aryl methyl sites for hydroxylation is 2. The number of hydrogen-bond donors (Lipinski definition) is 1. The monoisotopic (exact) mass is 390 g/mol. The van der Waals surface area contributed by atoms with Crippen LogP contribution in [0.1, 0.15) is 24.0 Å². The third kappa shape index (κ3) is 4.54. The van der Waals surface area contributed by atoms with E-state index in [1.807, 2.05) is 25.1 Å². The molecule has 1 aliphatic rings. The molecule has 6 nitrogen and oxygen atoms in total. The molecular formula is C23H26N4O2. The van der Waals surface area contributed by atoms with Crippen molar-refractivity contribution in [1.82, 2.24) is 19.8 Å². The highest BCUT2D eigenvalue weighted by molar-refractivity contribution is 5.80. The first-order chi connectivity index (χ1) is 14.1. The molecule has 6 heteroatoms. The van der Waals surface area contributed by atoms with E-state index < -0.39 is 0 Å². The van der Waals surface area contributed by atoms with Gasteiger partial charge in [0.15, 0.2) is 0 Å². The molecule has 3 aromatic rings.